The van der Waals surface area contributed by atoms with Crippen molar-refractivity contribution in [1.82, 2.24) is 0 Å². The highest BCUT2D eigenvalue weighted by molar-refractivity contribution is 6.09. The van der Waals surface area contributed by atoms with E-state index in [1.54, 1.807) is 6.07 Å². The second-order valence-corrected chi connectivity index (χ2v) is 10.3. The Balaban J connectivity index is 1.37. The summed E-state index contributed by atoms with van der Waals surface area (Å²) in [6.45, 7) is 2.26. The van der Waals surface area contributed by atoms with E-state index >= 15 is 0 Å². The molecule has 1 unspecified atom stereocenters. The first-order chi connectivity index (χ1) is 18.1. The lowest BCUT2D eigenvalue weighted by Crippen LogP contribution is -2.27. The molecule has 0 spiro atoms. The van der Waals surface area contributed by atoms with Gasteiger partial charge in [0.1, 0.15) is 0 Å². The van der Waals surface area contributed by atoms with Crippen molar-refractivity contribution in [1.29, 1.82) is 0 Å². The summed E-state index contributed by atoms with van der Waals surface area (Å²) < 4.78 is 5.49. The fourth-order valence-corrected chi connectivity index (χ4v) is 5.09. The van der Waals surface area contributed by atoms with Crippen LogP contribution < -0.4 is 0 Å². The molecule has 4 heteroatoms. The van der Waals surface area contributed by atoms with E-state index in [2.05, 4.69) is 6.92 Å². The maximum atomic E-state index is 13.0. The molecule has 4 nitrogen and oxygen atoms in total. The van der Waals surface area contributed by atoms with Gasteiger partial charge in [0.25, 0.3) is 0 Å². The van der Waals surface area contributed by atoms with Gasteiger partial charge in [-0.25, -0.2) is 9.59 Å². The molecule has 0 aliphatic heterocycles. The third kappa shape index (κ3) is 9.50. The van der Waals surface area contributed by atoms with Crippen LogP contribution in [-0.4, -0.2) is 23.1 Å². The van der Waals surface area contributed by atoms with Gasteiger partial charge in [0.05, 0.1) is 5.56 Å². The Hall–Kier alpha value is -2.88. The Morgan fingerprint density at radius 3 is 1.76 bits per heavy atom. The van der Waals surface area contributed by atoms with Gasteiger partial charge in [0.15, 0.2) is 6.10 Å². The van der Waals surface area contributed by atoms with Crippen LogP contribution in [0, 0.1) is 0 Å². The molecule has 0 saturated carbocycles. The molecule has 1 N–H and O–H groups in total. The van der Waals surface area contributed by atoms with Gasteiger partial charge in [-0.1, -0.05) is 127 Å². The van der Waals surface area contributed by atoms with Crippen molar-refractivity contribution in [2.75, 3.05) is 0 Å². The number of carboxylic acid groups (broad SMARTS) is 1. The molecule has 0 saturated heterocycles. The van der Waals surface area contributed by atoms with Gasteiger partial charge in [-0.3, -0.25) is 0 Å². The van der Waals surface area contributed by atoms with Crippen LogP contribution in [0.3, 0.4) is 0 Å². The van der Waals surface area contributed by atoms with Crippen LogP contribution in [-0.2, 0) is 9.53 Å². The van der Waals surface area contributed by atoms with E-state index in [-0.39, 0.29) is 0 Å². The highest BCUT2D eigenvalue weighted by Gasteiger charge is 2.23. The number of carbonyl (C=O) groups excluding carboxylic acids is 1. The van der Waals surface area contributed by atoms with E-state index < -0.39 is 18.0 Å². The number of carbonyl (C=O) groups is 2. The Morgan fingerprint density at radius 2 is 1.19 bits per heavy atom. The summed E-state index contributed by atoms with van der Waals surface area (Å²) >= 11 is 0. The normalized spacial score (nSPS) is 12.1. The number of esters is 1. The summed E-state index contributed by atoms with van der Waals surface area (Å²) in [7, 11) is 0. The molecule has 0 aromatic heterocycles. The number of rotatable bonds is 18. The molecule has 3 aromatic rings. The molecule has 0 bridgehead atoms. The number of benzene rings is 3. The van der Waals surface area contributed by atoms with E-state index in [0.29, 0.717) is 12.0 Å². The fraction of sp³-hybridized carbons (Fsp3) is 0.515. The maximum Gasteiger partial charge on any atom is 0.345 e. The van der Waals surface area contributed by atoms with Crippen LogP contribution in [0.5, 0.6) is 0 Å². The molecule has 3 aromatic carbocycles. The number of hydrogen-bond acceptors (Lipinski definition) is 3. The molecule has 37 heavy (non-hydrogen) atoms. The molecule has 0 radical (unpaired) electrons. The van der Waals surface area contributed by atoms with E-state index in [9.17, 15) is 14.7 Å². The molecule has 1 atom stereocenters. The zero-order chi connectivity index (χ0) is 26.3. The van der Waals surface area contributed by atoms with Crippen molar-refractivity contribution in [3.05, 3.63) is 60.2 Å². The molecule has 0 fully saturated rings. The quantitative estimate of drug-likeness (QED) is 0.106. The van der Waals surface area contributed by atoms with Crippen LogP contribution in [0.25, 0.3) is 21.5 Å². The number of unbranched alkanes of at least 4 members (excludes halogenated alkanes) is 13. The van der Waals surface area contributed by atoms with Gasteiger partial charge in [-0.2, -0.15) is 0 Å². The number of fused-ring (bicyclic) bond motifs is 2. The summed E-state index contributed by atoms with van der Waals surface area (Å²) in [6.07, 6.45) is 16.7. The van der Waals surface area contributed by atoms with Gasteiger partial charge in [0.2, 0.25) is 0 Å². The Labute approximate surface area is 222 Å². The molecule has 0 amide bonds. The number of carboxylic acids is 1. The third-order valence-corrected chi connectivity index (χ3v) is 7.31. The Morgan fingerprint density at radius 1 is 0.676 bits per heavy atom. The highest BCUT2D eigenvalue weighted by Crippen LogP contribution is 2.26. The second kappa shape index (κ2) is 16.1. The van der Waals surface area contributed by atoms with Crippen molar-refractivity contribution in [3.63, 3.8) is 0 Å². The topological polar surface area (TPSA) is 63.6 Å². The van der Waals surface area contributed by atoms with Crippen LogP contribution >= 0.6 is 0 Å². The van der Waals surface area contributed by atoms with Gasteiger partial charge >= 0.3 is 11.9 Å². The third-order valence-electron chi connectivity index (χ3n) is 7.31. The van der Waals surface area contributed by atoms with E-state index in [1.165, 1.54) is 70.6 Å². The monoisotopic (exact) mass is 504 g/mol. The molecule has 0 aliphatic carbocycles. The van der Waals surface area contributed by atoms with Crippen molar-refractivity contribution >= 4 is 33.5 Å². The van der Waals surface area contributed by atoms with Gasteiger partial charge in [-0.15, -0.1) is 0 Å². The lowest BCUT2D eigenvalue weighted by atomic mass is 9.99. The smallest absolute Gasteiger partial charge is 0.345 e. The largest absolute Gasteiger partial charge is 0.479 e. The SMILES string of the molecule is CCCCCCCCCCCCCCCCC(OC(=O)c1cccc2cc3ccccc3cc12)C(=O)O. The molecule has 0 aliphatic rings. The molecule has 3 rings (SSSR count). The fourth-order valence-electron chi connectivity index (χ4n) is 5.09. The lowest BCUT2D eigenvalue weighted by molar-refractivity contribution is -0.147. The Kier molecular flexibility index (Phi) is 12.5. The molecule has 0 heterocycles. The summed E-state index contributed by atoms with van der Waals surface area (Å²) in [5.41, 5.74) is 0.412. The van der Waals surface area contributed by atoms with E-state index in [0.717, 1.165) is 40.8 Å². The lowest BCUT2D eigenvalue weighted by Gasteiger charge is -2.15. The average Bonchev–Trinajstić information content (AvgIpc) is 2.90. The van der Waals surface area contributed by atoms with Gasteiger partial charge in [-0.05, 0) is 52.6 Å². The summed E-state index contributed by atoms with van der Waals surface area (Å²) in [4.78, 5) is 24.8. The first-order valence-electron chi connectivity index (χ1n) is 14.5. The summed E-state index contributed by atoms with van der Waals surface area (Å²) in [6, 6.07) is 17.5. The summed E-state index contributed by atoms with van der Waals surface area (Å²) in [5, 5.41) is 13.5. The van der Waals surface area contributed by atoms with Crippen molar-refractivity contribution < 1.29 is 19.4 Å². The maximum absolute atomic E-state index is 13.0. The zero-order valence-electron chi connectivity index (χ0n) is 22.6. The van der Waals surface area contributed by atoms with Crippen molar-refractivity contribution in [2.24, 2.45) is 0 Å². The minimum absolute atomic E-state index is 0.354. The minimum Gasteiger partial charge on any atom is -0.479 e. The van der Waals surface area contributed by atoms with Crippen molar-refractivity contribution in [2.45, 2.75) is 109 Å². The minimum atomic E-state index is -1.11. The average molecular weight is 505 g/mol. The number of ether oxygens (including phenoxy) is 1. The molecular formula is C33H44O4. The van der Waals surface area contributed by atoms with Crippen LogP contribution in [0.4, 0.5) is 0 Å². The zero-order valence-corrected chi connectivity index (χ0v) is 22.6. The van der Waals surface area contributed by atoms with E-state index in [1.807, 2.05) is 48.5 Å². The highest BCUT2D eigenvalue weighted by atomic mass is 16.6. The predicted octanol–water partition coefficient (Wildman–Crippen LogP) is 9.47. The molecule has 200 valence electrons. The van der Waals surface area contributed by atoms with E-state index in [4.69, 9.17) is 4.74 Å². The Bertz CT molecular complexity index is 1120. The second-order valence-electron chi connectivity index (χ2n) is 10.3. The van der Waals surface area contributed by atoms with Crippen molar-refractivity contribution in [3.8, 4) is 0 Å². The number of aliphatic carboxylic acids is 1. The predicted molar refractivity (Wildman–Crippen MR) is 153 cm³/mol. The van der Waals surface area contributed by atoms with Gasteiger partial charge < -0.3 is 9.84 Å². The van der Waals surface area contributed by atoms with Gasteiger partial charge in [0, 0.05) is 0 Å². The van der Waals surface area contributed by atoms with Crippen LogP contribution in [0.1, 0.15) is 114 Å². The van der Waals surface area contributed by atoms with Crippen LogP contribution in [0.15, 0.2) is 54.6 Å². The standard InChI is InChI=1S/C33H44O4/c1-2-3-4-5-6-7-8-9-10-11-12-13-14-15-23-31(32(34)35)37-33(36)29-22-18-21-28-24-26-19-16-17-20-27(26)25-30(28)29/h16-22,24-25,31H,2-15,23H2,1H3,(H,34,35). The number of hydrogen-bond donors (Lipinski definition) is 1. The first kappa shape index (κ1) is 28.7. The van der Waals surface area contributed by atoms with Crippen LogP contribution in [0.2, 0.25) is 0 Å². The summed E-state index contributed by atoms with van der Waals surface area (Å²) in [5.74, 6) is -1.65. The first-order valence-corrected chi connectivity index (χ1v) is 14.5. The molecular weight excluding hydrogens is 460 g/mol.